The number of primary amides is 1. The lowest BCUT2D eigenvalue weighted by molar-refractivity contribution is -0.143. The highest BCUT2D eigenvalue weighted by atomic mass is 19.4. The minimum absolute atomic E-state index is 0.00255. The van der Waals surface area contributed by atoms with Crippen molar-refractivity contribution in [1.82, 2.24) is 15.2 Å². The van der Waals surface area contributed by atoms with Gasteiger partial charge in [0.25, 0.3) is 5.91 Å². The van der Waals surface area contributed by atoms with Gasteiger partial charge in [-0.1, -0.05) is 18.2 Å². The van der Waals surface area contributed by atoms with E-state index in [-0.39, 0.29) is 25.3 Å². The third kappa shape index (κ3) is 7.05. The van der Waals surface area contributed by atoms with E-state index in [4.69, 9.17) is 5.73 Å². The average molecular weight is 542 g/mol. The number of fused-ring (bicyclic) bond motifs is 1. The number of aromatic nitrogens is 1. The first-order valence-corrected chi connectivity index (χ1v) is 11.3. The summed E-state index contributed by atoms with van der Waals surface area (Å²) in [5, 5.41) is 3.10. The summed E-state index contributed by atoms with van der Waals surface area (Å²) in [6, 6.07) is 7.08. The third-order valence-electron chi connectivity index (χ3n) is 6.00. The van der Waals surface area contributed by atoms with Crippen LogP contribution >= 0.6 is 0 Å². The molecule has 0 aliphatic rings. The van der Waals surface area contributed by atoms with Crippen LogP contribution in [0.1, 0.15) is 39.9 Å². The van der Waals surface area contributed by atoms with Crippen LogP contribution in [0.5, 0.6) is 0 Å². The Morgan fingerprint density at radius 2 is 1.61 bits per heavy atom. The van der Waals surface area contributed by atoms with Gasteiger partial charge < -0.3 is 20.9 Å². The summed E-state index contributed by atoms with van der Waals surface area (Å²) in [5.74, 6) is -2.41. The Morgan fingerprint density at radius 1 is 1.00 bits per heavy atom. The van der Waals surface area contributed by atoms with Gasteiger partial charge in [0.1, 0.15) is 0 Å². The van der Waals surface area contributed by atoms with E-state index >= 15 is 0 Å². The number of alkyl halides is 6. The van der Waals surface area contributed by atoms with Crippen LogP contribution in [0.2, 0.25) is 0 Å². The first-order chi connectivity index (χ1) is 17.7. The van der Waals surface area contributed by atoms with Crippen LogP contribution in [0.4, 0.5) is 26.3 Å². The van der Waals surface area contributed by atoms with Gasteiger partial charge in [-0.25, -0.2) is 0 Å². The van der Waals surface area contributed by atoms with E-state index in [2.05, 4.69) is 10.3 Å². The number of nitrogens with two attached hydrogens (primary N) is 1. The standard InChI is InChI=1S/C25H24F6N4O3/c1-35(23(38)14-8-16(24(26,27)28)11-17(9-14)25(29,30)31)18(6-7-22(37)34-13-21(32)36)10-15-12-33-20-5-3-2-4-19(15)20/h2-5,8-9,11-12,18,33H,6-7,10,13H2,1H3,(H2,32,36)(H,34,37). The second kappa shape index (κ2) is 11.2. The number of nitrogens with one attached hydrogen (secondary N) is 2. The Hall–Kier alpha value is -4.03. The van der Waals surface area contributed by atoms with E-state index in [0.29, 0.717) is 12.1 Å². The zero-order valence-electron chi connectivity index (χ0n) is 20.0. The average Bonchev–Trinajstić information content (AvgIpc) is 3.25. The molecular formula is C25H24F6N4O3. The maximum absolute atomic E-state index is 13.3. The fourth-order valence-electron chi connectivity index (χ4n) is 4.01. The van der Waals surface area contributed by atoms with Crippen molar-refractivity contribution in [2.24, 2.45) is 5.73 Å². The molecule has 204 valence electrons. The number of aromatic amines is 1. The first kappa shape index (κ1) is 28.5. The van der Waals surface area contributed by atoms with Gasteiger partial charge >= 0.3 is 12.4 Å². The lowest BCUT2D eigenvalue weighted by Crippen LogP contribution is -2.40. The smallest absolute Gasteiger partial charge is 0.368 e. The molecule has 3 amide bonds. The molecule has 0 fully saturated rings. The molecule has 7 nitrogen and oxygen atoms in total. The van der Waals surface area contributed by atoms with Crippen LogP contribution in [0.15, 0.2) is 48.7 Å². The van der Waals surface area contributed by atoms with Gasteiger partial charge in [0.05, 0.1) is 17.7 Å². The lowest BCUT2D eigenvalue weighted by Gasteiger charge is -2.29. The van der Waals surface area contributed by atoms with Crippen LogP contribution in [0.25, 0.3) is 10.9 Å². The normalized spacial score (nSPS) is 12.8. The summed E-state index contributed by atoms with van der Waals surface area (Å²) in [4.78, 5) is 40.4. The number of amides is 3. The van der Waals surface area contributed by atoms with E-state index in [1.54, 1.807) is 24.4 Å². The van der Waals surface area contributed by atoms with E-state index in [1.807, 2.05) is 6.07 Å². The van der Waals surface area contributed by atoms with E-state index < -0.39 is 59.4 Å². The molecule has 0 bridgehead atoms. The number of hydrogen-bond acceptors (Lipinski definition) is 3. The third-order valence-corrected chi connectivity index (χ3v) is 6.00. The highest BCUT2D eigenvalue weighted by Crippen LogP contribution is 2.36. The molecule has 3 aromatic rings. The Balaban J connectivity index is 1.94. The number of rotatable bonds is 9. The summed E-state index contributed by atoms with van der Waals surface area (Å²) in [5.41, 5.74) is 2.50. The summed E-state index contributed by atoms with van der Waals surface area (Å²) >= 11 is 0. The fraction of sp³-hybridized carbons (Fsp3) is 0.320. The molecule has 1 unspecified atom stereocenters. The van der Waals surface area contributed by atoms with Crippen LogP contribution < -0.4 is 11.1 Å². The minimum Gasteiger partial charge on any atom is -0.368 e. The molecule has 1 heterocycles. The molecule has 0 spiro atoms. The van der Waals surface area contributed by atoms with E-state index in [9.17, 15) is 40.7 Å². The SMILES string of the molecule is CN(C(=O)c1cc(C(F)(F)F)cc(C(F)(F)F)c1)C(CCC(=O)NCC(N)=O)Cc1c[nH]c2ccccc12. The van der Waals surface area contributed by atoms with Crippen molar-refractivity contribution in [3.63, 3.8) is 0 Å². The number of hydrogen-bond donors (Lipinski definition) is 3. The van der Waals surface area contributed by atoms with Crippen LogP contribution in [-0.2, 0) is 28.4 Å². The van der Waals surface area contributed by atoms with Crippen molar-refractivity contribution in [1.29, 1.82) is 0 Å². The number of benzene rings is 2. The number of para-hydroxylation sites is 1. The molecule has 0 saturated carbocycles. The van der Waals surface area contributed by atoms with Gasteiger partial charge in [0, 0.05) is 42.2 Å². The van der Waals surface area contributed by atoms with E-state index in [0.717, 1.165) is 21.4 Å². The van der Waals surface area contributed by atoms with Crippen molar-refractivity contribution < 1.29 is 40.7 Å². The predicted molar refractivity (Wildman–Crippen MR) is 126 cm³/mol. The zero-order chi connectivity index (χ0) is 28.3. The van der Waals surface area contributed by atoms with Gasteiger partial charge in [-0.15, -0.1) is 0 Å². The number of carbonyl (C=O) groups is 3. The molecule has 3 rings (SSSR count). The Morgan fingerprint density at radius 3 is 2.18 bits per heavy atom. The monoisotopic (exact) mass is 542 g/mol. The molecule has 4 N–H and O–H groups in total. The molecular weight excluding hydrogens is 518 g/mol. The molecule has 0 aliphatic heterocycles. The van der Waals surface area contributed by atoms with Crippen molar-refractivity contribution in [2.45, 2.75) is 37.7 Å². The predicted octanol–water partition coefficient (Wildman–Crippen LogP) is 4.27. The summed E-state index contributed by atoms with van der Waals surface area (Å²) in [6.07, 6.45) is -8.60. The van der Waals surface area contributed by atoms with Crippen molar-refractivity contribution in [3.05, 3.63) is 70.9 Å². The second-order valence-electron chi connectivity index (χ2n) is 8.71. The second-order valence-corrected chi connectivity index (χ2v) is 8.71. The molecule has 1 aromatic heterocycles. The van der Waals surface area contributed by atoms with Crippen LogP contribution in [0.3, 0.4) is 0 Å². The van der Waals surface area contributed by atoms with E-state index in [1.165, 1.54) is 7.05 Å². The van der Waals surface area contributed by atoms with Crippen molar-refractivity contribution >= 4 is 28.6 Å². The Bertz CT molecular complexity index is 1300. The number of halogens is 6. The van der Waals surface area contributed by atoms with Gasteiger partial charge in [0.15, 0.2) is 0 Å². The molecule has 13 heteroatoms. The Kier molecular flexibility index (Phi) is 8.38. The largest absolute Gasteiger partial charge is 0.416 e. The molecule has 0 aliphatic carbocycles. The number of H-pyrrole nitrogens is 1. The fourth-order valence-corrected chi connectivity index (χ4v) is 4.01. The quantitative estimate of drug-likeness (QED) is 0.352. The van der Waals surface area contributed by atoms with Crippen LogP contribution in [-0.4, -0.2) is 47.2 Å². The van der Waals surface area contributed by atoms with Gasteiger partial charge in [0.2, 0.25) is 11.8 Å². The lowest BCUT2D eigenvalue weighted by atomic mass is 9.98. The zero-order valence-corrected chi connectivity index (χ0v) is 20.0. The molecule has 0 radical (unpaired) electrons. The molecule has 2 aromatic carbocycles. The van der Waals surface area contributed by atoms with Crippen LogP contribution in [0, 0.1) is 0 Å². The molecule has 1 atom stereocenters. The molecule has 0 saturated heterocycles. The van der Waals surface area contributed by atoms with Crippen molar-refractivity contribution in [2.75, 3.05) is 13.6 Å². The highest BCUT2D eigenvalue weighted by molar-refractivity contribution is 5.95. The highest BCUT2D eigenvalue weighted by Gasteiger charge is 2.38. The summed E-state index contributed by atoms with van der Waals surface area (Å²) in [7, 11) is 1.25. The number of nitrogens with zero attached hydrogens (tertiary/aromatic N) is 1. The maximum atomic E-state index is 13.3. The van der Waals surface area contributed by atoms with Crippen molar-refractivity contribution in [3.8, 4) is 0 Å². The summed E-state index contributed by atoms with van der Waals surface area (Å²) in [6.45, 7) is -0.412. The van der Waals surface area contributed by atoms with Gasteiger partial charge in [-0.05, 0) is 42.7 Å². The summed E-state index contributed by atoms with van der Waals surface area (Å²) < 4.78 is 80.0. The molecule has 38 heavy (non-hydrogen) atoms. The minimum atomic E-state index is -5.11. The topological polar surface area (TPSA) is 108 Å². The maximum Gasteiger partial charge on any atom is 0.416 e. The van der Waals surface area contributed by atoms with Gasteiger partial charge in [-0.2, -0.15) is 26.3 Å². The first-order valence-electron chi connectivity index (χ1n) is 11.3. The number of carbonyl (C=O) groups excluding carboxylic acids is 3. The van der Waals surface area contributed by atoms with Gasteiger partial charge in [-0.3, -0.25) is 14.4 Å². The Labute approximate surface area is 213 Å². The number of likely N-dealkylation sites (N-methyl/N-ethyl adjacent to an activating group) is 1.